The minimum absolute atomic E-state index is 0.317. The number of nitrogens with zero attached hydrogens (tertiary/aromatic N) is 1. The maximum absolute atomic E-state index is 11.5. The Morgan fingerprint density at radius 3 is 2.68 bits per heavy atom. The number of rotatable bonds is 5. The number of benzene rings is 1. The molecule has 0 aromatic heterocycles. The molecule has 2 aliphatic heterocycles. The summed E-state index contributed by atoms with van der Waals surface area (Å²) < 4.78 is 6.03. The summed E-state index contributed by atoms with van der Waals surface area (Å²) in [4.78, 5) is 14.1. The first-order valence-corrected chi connectivity index (χ1v) is 9.51. The number of likely N-dealkylation sites (tertiary alicyclic amines) is 1. The smallest absolute Gasteiger partial charge is 0.348 e. The van der Waals surface area contributed by atoms with Gasteiger partial charge < -0.3 is 15.2 Å². The maximum Gasteiger partial charge on any atom is 0.348 e. The minimum Gasteiger partial charge on any atom is -0.478 e. The Morgan fingerprint density at radius 1 is 1.24 bits per heavy atom. The number of hydrogen-bond acceptors (Lipinski definition) is 4. The van der Waals surface area contributed by atoms with E-state index in [2.05, 4.69) is 22.3 Å². The second-order valence-electron chi connectivity index (χ2n) is 8.01. The summed E-state index contributed by atoms with van der Waals surface area (Å²) in [7, 11) is 0. The lowest BCUT2D eigenvalue weighted by atomic mass is 9.85. The lowest BCUT2D eigenvalue weighted by Gasteiger charge is -2.42. The van der Waals surface area contributed by atoms with E-state index in [1.54, 1.807) is 0 Å². The van der Waals surface area contributed by atoms with Crippen LogP contribution in [-0.2, 0) is 11.3 Å². The van der Waals surface area contributed by atoms with Crippen LogP contribution in [0.3, 0.4) is 0 Å². The monoisotopic (exact) mass is 344 g/mol. The summed E-state index contributed by atoms with van der Waals surface area (Å²) in [5.74, 6) is -0.0770. The standard InChI is InChI=1S/C20H28N2O3/c1-15-3-4-16(17(13-15)25-20(6-7-20)18(23)24)14-22-12-2-5-19(22)8-10-21-11-9-19/h3-4,13,21H,2,5-12,14H2,1H3,(H,23,24). The Labute approximate surface area is 149 Å². The first-order chi connectivity index (χ1) is 12.0. The van der Waals surface area contributed by atoms with Crippen molar-refractivity contribution in [3.8, 4) is 5.75 Å². The lowest BCUT2D eigenvalue weighted by molar-refractivity contribution is -0.147. The molecule has 0 bridgehead atoms. The number of aryl methyl sites for hydroxylation is 1. The van der Waals surface area contributed by atoms with E-state index in [1.807, 2.05) is 13.0 Å². The molecule has 0 amide bonds. The van der Waals surface area contributed by atoms with Gasteiger partial charge in [0.2, 0.25) is 5.60 Å². The van der Waals surface area contributed by atoms with E-state index in [-0.39, 0.29) is 0 Å². The third-order valence-corrected chi connectivity index (χ3v) is 6.26. The van der Waals surface area contributed by atoms with E-state index < -0.39 is 11.6 Å². The van der Waals surface area contributed by atoms with Gasteiger partial charge in [0, 0.05) is 30.5 Å². The van der Waals surface area contributed by atoms with Gasteiger partial charge in [-0.2, -0.15) is 0 Å². The third-order valence-electron chi connectivity index (χ3n) is 6.26. The molecule has 5 nitrogen and oxygen atoms in total. The summed E-state index contributed by atoms with van der Waals surface area (Å²) in [6.07, 6.45) is 6.14. The van der Waals surface area contributed by atoms with Gasteiger partial charge in [-0.25, -0.2) is 4.79 Å². The minimum atomic E-state index is -0.986. The Kier molecular flexibility index (Phi) is 4.24. The van der Waals surface area contributed by atoms with Crippen molar-refractivity contribution in [2.45, 2.75) is 63.1 Å². The molecule has 25 heavy (non-hydrogen) atoms. The number of carbonyl (C=O) groups is 1. The highest BCUT2D eigenvalue weighted by Gasteiger charge is 2.54. The number of aliphatic carboxylic acids is 1. The molecule has 2 N–H and O–H groups in total. The summed E-state index contributed by atoms with van der Waals surface area (Å²) in [5, 5.41) is 12.9. The fraction of sp³-hybridized carbons (Fsp3) is 0.650. The highest BCUT2D eigenvalue weighted by Crippen LogP contribution is 2.43. The van der Waals surface area contributed by atoms with Gasteiger partial charge in [0.05, 0.1) is 0 Å². The molecule has 2 saturated heterocycles. The van der Waals surface area contributed by atoms with Gasteiger partial charge >= 0.3 is 5.97 Å². The van der Waals surface area contributed by atoms with Crippen molar-refractivity contribution in [2.75, 3.05) is 19.6 Å². The maximum atomic E-state index is 11.5. The molecule has 1 aliphatic carbocycles. The second kappa shape index (κ2) is 6.29. The number of carboxylic acid groups (broad SMARTS) is 1. The van der Waals surface area contributed by atoms with Crippen molar-refractivity contribution in [3.63, 3.8) is 0 Å². The Bertz CT molecular complexity index is 663. The first kappa shape index (κ1) is 16.9. The average Bonchev–Trinajstić information content (AvgIpc) is 3.29. The molecule has 0 atom stereocenters. The van der Waals surface area contributed by atoms with Gasteiger partial charge in [-0.3, -0.25) is 4.90 Å². The van der Waals surface area contributed by atoms with E-state index in [0.717, 1.165) is 43.1 Å². The Morgan fingerprint density at radius 2 is 2.00 bits per heavy atom. The molecular weight excluding hydrogens is 316 g/mol. The molecule has 3 fully saturated rings. The normalized spacial score (nSPS) is 24.4. The molecule has 1 spiro atoms. The average molecular weight is 344 g/mol. The zero-order valence-electron chi connectivity index (χ0n) is 15.0. The molecule has 4 rings (SSSR count). The highest BCUT2D eigenvalue weighted by atomic mass is 16.5. The van der Waals surface area contributed by atoms with E-state index in [0.29, 0.717) is 18.4 Å². The van der Waals surface area contributed by atoms with Crippen LogP contribution in [0.5, 0.6) is 5.75 Å². The molecule has 0 unspecified atom stereocenters. The number of ether oxygens (including phenoxy) is 1. The van der Waals surface area contributed by atoms with Crippen LogP contribution in [0.15, 0.2) is 18.2 Å². The van der Waals surface area contributed by atoms with Gasteiger partial charge in [-0.1, -0.05) is 12.1 Å². The largest absolute Gasteiger partial charge is 0.478 e. The van der Waals surface area contributed by atoms with Gasteiger partial charge in [0.15, 0.2) is 0 Å². The number of carboxylic acids is 1. The van der Waals surface area contributed by atoms with Crippen LogP contribution < -0.4 is 10.1 Å². The van der Waals surface area contributed by atoms with Crippen molar-refractivity contribution in [3.05, 3.63) is 29.3 Å². The molecule has 3 aliphatic rings. The third kappa shape index (κ3) is 3.15. The SMILES string of the molecule is Cc1ccc(CN2CCCC23CCNCC3)c(OC2(C(=O)O)CC2)c1. The highest BCUT2D eigenvalue weighted by molar-refractivity contribution is 5.81. The van der Waals surface area contributed by atoms with Crippen molar-refractivity contribution in [2.24, 2.45) is 0 Å². The Balaban J connectivity index is 1.57. The van der Waals surface area contributed by atoms with Crippen LogP contribution in [0.1, 0.15) is 49.7 Å². The van der Waals surface area contributed by atoms with Crippen LogP contribution in [0.4, 0.5) is 0 Å². The van der Waals surface area contributed by atoms with E-state index >= 15 is 0 Å². The predicted molar refractivity (Wildman–Crippen MR) is 95.9 cm³/mol. The fourth-order valence-electron chi connectivity index (χ4n) is 4.48. The molecule has 1 aromatic rings. The molecule has 1 saturated carbocycles. The molecule has 1 aromatic carbocycles. The molecule has 0 radical (unpaired) electrons. The second-order valence-corrected chi connectivity index (χ2v) is 8.01. The van der Waals surface area contributed by atoms with Crippen LogP contribution in [0, 0.1) is 6.92 Å². The summed E-state index contributed by atoms with van der Waals surface area (Å²) in [6.45, 7) is 6.19. The van der Waals surface area contributed by atoms with Crippen LogP contribution in [-0.4, -0.2) is 46.7 Å². The van der Waals surface area contributed by atoms with Gasteiger partial charge in [0.25, 0.3) is 0 Å². The van der Waals surface area contributed by atoms with Gasteiger partial charge in [0.1, 0.15) is 5.75 Å². The topological polar surface area (TPSA) is 61.8 Å². The van der Waals surface area contributed by atoms with Crippen molar-refractivity contribution >= 4 is 5.97 Å². The van der Waals surface area contributed by atoms with Gasteiger partial charge in [-0.05, 0) is 63.9 Å². The van der Waals surface area contributed by atoms with Crippen LogP contribution in [0.2, 0.25) is 0 Å². The molecule has 2 heterocycles. The molecular formula is C20H28N2O3. The number of nitrogens with one attached hydrogen (secondary N) is 1. The van der Waals surface area contributed by atoms with Crippen LogP contribution in [0.25, 0.3) is 0 Å². The number of hydrogen-bond donors (Lipinski definition) is 2. The van der Waals surface area contributed by atoms with Crippen molar-refractivity contribution in [1.29, 1.82) is 0 Å². The van der Waals surface area contributed by atoms with E-state index in [9.17, 15) is 9.90 Å². The molecule has 136 valence electrons. The quantitative estimate of drug-likeness (QED) is 0.860. The predicted octanol–water partition coefficient (Wildman–Crippen LogP) is 2.71. The van der Waals surface area contributed by atoms with Crippen LogP contribution >= 0.6 is 0 Å². The molecule has 5 heteroatoms. The van der Waals surface area contributed by atoms with E-state index in [4.69, 9.17) is 4.74 Å². The fourth-order valence-corrected chi connectivity index (χ4v) is 4.48. The first-order valence-electron chi connectivity index (χ1n) is 9.51. The summed E-state index contributed by atoms with van der Waals surface area (Å²) in [6, 6.07) is 6.23. The van der Waals surface area contributed by atoms with Crippen molar-refractivity contribution in [1.82, 2.24) is 10.2 Å². The number of piperidine rings is 1. The Hall–Kier alpha value is -1.59. The zero-order chi connectivity index (χ0) is 17.5. The summed E-state index contributed by atoms with van der Waals surface area (Å²) in [5.41, 5.74) is 1.56. The van der Waals surface area contributed by atoms with E-state index in [1.165, 1.54) is 25.7 Å². The zero-order valence-corrected chi connectivity index (χ0v) is 15.0. The summed E-state index contributed by atoms with van der Waals surface area (Å²) >= 11 is 0. The lowest BCUT2D eigenvalue weighted by Crippen LogP contribution is -2.50. The van der Waals surface area contributed by atoms with Gasteiger partial charge in [-0.15, -0.1) is 0 Å². The van der Waals surface area contributed by atoms with Crippen molar-refractivity contribution < 1.29 is 14.6 Å².